The van der Waals surface area contributed by atoms with Gasteiger partial charge in [-0.25, -0.2) is 0 Å². The predicted molar refractivity (Wildman–Crippen MR) is 78.5 cm³/mol. The van der Waals surface area contributed by atoms with Gasteiger partial charge in [-0.05, 0) is 24.6 Å². The van der Waals surface area contributed by atoms with Crippen molar-refractivity contribution in [3.05, 3.63) is 41.2 Å². The zero-order valence-electron chi connectivity index (χ0n) is 13.0. The topological polar surface area (TPSA) is 59.2 Å². The standard InChI is InChI=1S/C15H18F3N3O2/c1-9-11(8-20-21-9)7-19-14(15(16,17)18)10-4-5-12(22-2)13(6-10)23-3/h4-6,8,14,19H,7H2,1-3H3,(H,20,21)/t14-/m0/s1. The van der Waals surface area contributed by atoms with E-state index in [0.29, 0.717) is 11.3 Å². The van der Waals surface area contributed by atoms with Gasteiger partial charge in [-0.15, -0.1) is 0 Å². The van der Waals surface area contributed by atoms with Gasteiger partial charge < -0.3 is 9.47 Å². The van der Waals surface area contributed by atoms with E-state index in [-0.39, 0.29) is 17.9 Å². The second-order valence-electron chi connectivity index (χ2n) is 4.99. The molecule has 2 N–H and O–H groups in total. The number of aromatic nitrogens is 2. The highest BCUT2D eigenvalue weighted by atomic mass is 19.4. The molecule has 0 saturated carbocycles. The Morgan fingerprint density at radius 3 is 2.43 bits per heavy atom. The molecule has 2 aromatic rings. The molecule has 0 bridgehead atoms. The van der Waals surface area contributed by atoms with Gasteiger partial charge in [0.15, 0.2) is 11.5 Å². The fraction of sp³-hybridized carbons (Fsp3) is 0.400. The lowest BCUT2D eigenvalue weighted by Crippen LogP contribution is -2.33. The Bertz CT molecular complexity index is 656. The van der Waals surface area contributed by atoms with Crippen LogP contribution in [0.15, 0.2) is 24.4 Å². The quantitative estimate of drug-likeness (QED) is 0.855. The number of nitrogens with zero attached hydrogens (tertiary/aromatic N) is 1. The summed E-state index contributed by atoms with van der Waals surface area (Å²) in [7, 11) is 2.81. The summed E-state index contributed by atoms with van der Waals surface area (Å²) in [6, 6.07) is 2.33. The normalized spacial score (nSPS) is 13.0. The highest BCUT2D eigenvalue weighted by Gasteiger charge is 2.40. The summed E-state index contributed by atoms with van der Waals surface area (Å²) < 4.78 is 50.3. The molecule has 0 radical (unpaired) electrons. The third-order valence-corrected chi connectivity index (χ3v) is 3.50. The van der Waals surface area contributed by atoms with Crippen LogP contribution in [0.1, 0.15) is 22.9 Å². The van der Waals surface area contributed by atoms with Crippen molar-refractivity contribution in [1.29, 1.82) is 0 Å². The molecule has 0 saturated heterocycles. The van der Waals surface area contributed by atoms with Crippen molar-refractivity contribution in [2.24, 2.45) is 0 Å². The molecule has 1 heterocycles. The number of aromatic amines is 1. The third-order valence-electron chi connectivity index (χ3n) is 3.50. The van der Waals surface area contributed by atoms with E-state index in [2.05, 4.69) is 15.5 Å². The van der Waals surface area contributed by atoms with E-state index in [1.807, 2.05) is 0 Å². The molecule has 0 amide bonds. The molecular weight excluding hydrogens is 311 g/mol. The van der Waals surface area contributed by atoms with Gasteiger partial charge in [0.1, 0.15) is 6.04 Å². The van der Waals surface area contributed by atoms with Gasteiger partial charge in [-0.1, -0.05) is 6.07 Å². The monoisotopic (exact) mass is 329 g/mol. The number of halogens is 3. The second-order valence-corrected chi connectivity index (χ2v) is 4.99. The molecule has 8 heteroatoms. The summed E-state index contributed by atoms with van der Waals surface area (Å²) >= 11 is 0. The number of benzene rings is 1. The van der Waals surface area contributed by atoms with E-state index in [4.69, 9.17) is 9.47 Å². The van der Waals surface area contributed by atoms with E-state index in [1.54, 1.807) is 6.92 Å². The average Bonchev–Trinajstić information content (AvgIpc) is 2.91. The minimum atomic E-state index is -4.45. The molecule has 1 aromatic heterocycles. The van der Waals surface area contributed by atoms with Crippen molar-refractivity contribution >= 4 is 0 Å². The smallest absolute Gasteiger partial charge is 0.407 e. The lowest BCUT2D eigenvalue weighted by molar-refractivity contribution is -0.158. The van der Waals surface area contributed by atoms with E-state index in [1.165, 1.54) is 38.6 Å². The van der Waals surface area contributed by atoms with Crippen molar-refractivity contribution < 1.29 is 22.6 Å². The number of alkyl halides is 3. The van der Waals surface area contributed by atoms with Crippen molar-refractivity contribution in [2.45, 2.75) is 25.7 Å². The molecule has 2 rings (SSSR count). The highest BCUT2D eigenvalue weighted by molar-refractivity contribution is 5.44. The lowest BCUT2D eigenvalue weighted by Gasteiger charge is -2.23. The zero-order chi connectivity index (χ0) is 17.0. The fourth-order valence-electron chi connectivity index (χ4n) is 2.22. The summed E-state index contributed by atoms with van der Waals surface area (Å²) in [5.41, 5.74) is 1.46. The molecule has 0 fully saturated rings. The summed E-state index contributed by atoms with van der Waals surface area (Å²) in [6.45, 7) is 1.80. The number of ether oxygens (including phenoxy) is 2. The first kappa shape index (κ1) is 17.1. The molecule has 0 unspecified atom stereocenters. The van der Waals surface area contributed by atoms with E-state index >= 15 is 0 Å². The Labute approximate surface area is 131 Å². The van der Waals surface area contributed by atoms with Gasteiger partial charge in [-0.2, -0.15) is 18.3 Å². The van der Waals surface area contributed by atoms with Crippen LogP contribution in [-0.4, -0.2) is 30.6 Å². The van der Waals surface area contributed by atoms with Gasteiger partial charge in [0.05, 0.1) is 20.4 Å². The number of hydrogen-bond donors (Lipinski definition) is 2. The molecule has 23 heavy (non-hydrogen) atoms. The Balaban J connectivity index is 2.26. The Hall–Kier alpha value is -2.22. The van der Waals surface area contributed by atoms with E-state index in [0.717, 1.165) is 5.69 Å². The van der Waals surface area contributed by atoms with Crippen LogP contribution in [0.4, 0.5) is 13.2 Å². The molecule has 126 valence electrons. The van der Waals surface area contributed by atoms with Crippen LogP contribution < -0.4 is 14.8 Å². The molecule has 1 atom stereocenters. The number of methoxy groups -OCH3 is 2. The molecule has 0 aliphatic carbocycles. The number of hydrogen-bond acceptors (Lipinski definition) is 4. The van der Waals surface area contributed by atoms with Crippen LogP contribution in [0.5, 0.6) is 11.5 Å². The maximum absolute atomic E-state index is 13.4. The number of rotatable bonds is 6. The van der Waals surface area contributed by atoms with Crippen LogP contribution in [-0.2, 0) is 6.54 Å². The summed E-state index contributed by atoms with van der Waals surface area (Å²) in [5, 5.41) is 9.02. The number of nitrogens with one attached hydrogen (secondary N) is 2. The van der Waals surface area contributed by atoms with Crippen LogP contribution in [0.3, 0.4) is 0 Å². The number of aryl methyl sites for hydroxylation is 1. The summed E-state index contributed by atoms with van der Waals surface area (Å²) in [4.78, 5) is 0. The molecule has 1 aromatic carbocycles. The van der Waals surface area contributed by atoms with Crippen LogP contribution in [0, 0.1) is 6.92 Å². The third kappa shape index (κ3) is 3.95. The van der Waals surface area contributed by atoms with Gasteiger partial charge in [-0.3, -0.25) is 10.4 Å². The average molecular weight is 329 g/mol. The van der Waals surface area contributed by atoms with Crippen molar-refractivity contribution in [2.75, 3.05) is 14.2 Å². The highest BCUT2D eigenvalue weighted by Crippen LogP contribution is 2.37. The van der Waals surface area contributed by atoms with Gasteiger partial charge in [0.25, 0.3) is 0 Å². The molecule has 5 nitrogen and oxygen atoms in total. The van der Waals surface area contributed by atoms with Gasteiger partial charge in [0.2, 0.25) is 0 Å². The zero-order valence-corrected chi connectivity index (χ0v) is 13.0. The molecule has 0 aliphatic rings. The Kier molecular flexibility index (Phi) is 5.15. The summed E-state index contributed by atoms with van der Waals surface area (Å²) in [6.07, 6.45) is -2.94. The van der Waals surface area contributed by atoms with E-state index < -0.39 is 12.2 Å². The van der Waals surface area contributed by atoms with Crippen molar-refractivity contribution in [3.8, 4) is 11.5 Å². The van der Waals surface area contributed by atoms with Gasteiger partial charge >= 0.3 is 6.18 Å². The van der Waals surface area contributed by atoms with Crippen LogP contribution in [0.2, 0.25) is 0 Å². The summed E-state index contributed by atoms with van der Waals surface area (Å²) in [5.74, 6) is 0.628. The first-order chi connectivity index (χ1) is 10.9. The van der Waals surface area contributed by atoms with Crippen molar-refractivity contribution in [3.63, 3.8) is 0 Å². The molecule has 0 spiro atoms. The predicted octanol–water partition coefficient (Wildman–Crippen LogP) is 3.13. The largest absolute Gasteiger partial charge is 0.493 e. The maximum Gasteiger partial charge on any atom is 0.407 e. The molecular formula is C15H18F3N3O2. The fourth-order valence-corrected chi connectivity index (χ4v) is 2.22. The molecule has 0 aliphatic heterocycles. The lowest BCUT2D eigenvalue weighted by atomic mass is 10.0. The maximum atomic E-state index is 13.4. The van der Waals surface area contributed by atoms with Crippen LogP contribution in [0.25, 0.3) is 0 Å². The second kappa shape index (κ2) is 6.91. The minimum absolute atomic E-state index is 0.0425. The Morgan fingerprint density at radius 2 is 1.91 bits per heavy atom. The number of H-pyrrole nitrogens is 1. The first-order valence-electron chi connectivity index (χ1n) is 6.87. The van der Waals surface area contributed by atoms with E-state index in [9.17, 15) is 13.2 Å². The van der Waals surface area contributed by atoms with Crippen LogP contribution >= 0.6 is 0 Å². The van der Waals surface area contributed by atoms with Crippen molar-refractivity contribution in [1.82, 2.24) is 15.5 Å². The Morgan fingerprint density at radius 1 is 1.22 bits per heavy atom. The first-order valence-corrected chi connectivity index (χ1v) is 6.87. The SMILES string of the molecule is COc1ccc([C@H](NCc2cn[nH]c2C)C(F)(F)F)cc1OC. The van der Waals surface area contributed by atoms with Gasteiger partial charge in [0, 0.05) is 17.8 Å². The minimum Gasteiger partial charge on any atom is -0.493 e.